The molecule has 1 amide bonds. The van der Waals surface area contributed by atoms with E-state index in [9.17, 15) is 18.0 Å². The zero-order chi connectivity index (χ0) is 21.6. The number of rotatable bonds is 7. The molecule has 0 bridgehead atoms. The molecule has 0 spiro atoms. The van der Waals surface area contributed by atoms with E-state index in [1.165, 1.54) is 12.1 Å². The van der Waals surface area contributed by atoms with Crippen LogP contribution in [0.3, 0.4) is 0 Å². The highest BCUT2D eigenvalue weighted by Crippen LogP contribution is 2.31. The molecule has 0 unspecified atom stereocenters. The molecular weight excluding hydrogens is 399 g/mol. The molecule has 0 aliphatic heterocycles. The number of carbonyl (C=O) groups excluding carboxylic acids is 1. The highest BCUT2D eigenvalue weighted by Gasteiger charge is 2.34. The minimum atomic E-state index is -4.61. The number of ether oxygens (including phenoxy) is 2. The molecule has 30 heavy (non-hydrogen) atoms. The molecule has 3 aromatic rings. The average molecular weight is 417 g/mol. The first-order chi connectivity index (χ1) is 14.4. The van der Waals surface area contributed by atoms with Crippen molar-refractivity contribution in [3.63, 3.8) is 0 Å². The van der Waals surface area contributed by atoms with Crippen LogP contribution < -0.4 is 14.8 Å². The molecule has 0 aliphatic carbocycles. The molecule has 0 radical (unpaired) electrons. The molecule has 1 aromatic heterocycles. The van der Waals surface area contributed by atoms with Crippen LogP contribution in [0.4, 0.5) is 13.2 Å². The molecule has 1 heterocycles. The van der Waals surface area contributed by atoms with Crippen molar-refractivity contribution in [2.75, 3.05) is 20.3 Å². The Morgan fingerprint density at radius 3 is 2.37 bits per heavy atom. The second kappa shape index (κ2) is 9.25. The summed E-state index contributed by atoms with van der Waals surface area (Å²) in [6, 6.07) is 15.2. The summed E-state index contributed by atoms with van der Waals surface area (Å²) in [6.07, 6.45) is -4.61. The number of alkyl halides is 3. The van der Waals surface area contributed by atoms with Gasteiger partial charge < -0.3 is 14.8 Å². The normalized spacial score (nSPS) is 11.1. The maximum Gasteiger partial charge on any atom is 0.417 e. The number of hydrogen-bond acceptors (Lipinski definition) is 5. The van der Waals surface area contributed by atoms with Crippen molar-refractivity contribution in [1.29, 1.82) is 0 Å². The van der Waals surface area contributed by atoms with E-state index in [1.807, 2.05) is 12.1 Å². The minimum absolute atomic E-state index is 0.00688. The zero-order valence-corrected chi connectivity index (χ0v) is 15.9. The van der Waals surface area contributed by atoms with E-state index in [2.05, 4.69) is 15.5 Å². The Morgan fingerprint density at radius 2 is 1.73 bits per heavy atom. The molecule has 0 fully saturated rings. The lowest BCUT2D eigenvalue weighted by Gasteiger charge is -2.12. The van der Waals surface area contributed by atoms with Gasteiger partial charge in [0.05, 0.1) is 30.5 Å². The standard InChI is InChI=1S/C21H18F3N3O3/c1-29-15-8-6-14(7-9-15)18-10-11-19(27-26-18)30-13-12-25-20(28)16-4-2-3-5-17(16)21(22,23)24/h2-11H,12-13H2,1H3,(H,25,28). The highest BCUT2D eigenvalue weighted by molar-refractivity contribution is 5.95. The van der Waals surface area contributed by atoms with Crippen LogP contribution in [0.15, 0.2) is 60.7 Å². The Hall–Kier alpha value is -3.62. The molecule has 0 atom stereocenters. The smallest absolute Gasteiger partial charge is 0.417 e. The Balaban J connectivity index is 1.52. The Kier molecular flexibility index (Phi) is 6.51. The van der Waals surface area contributed by atoms with Gasteiger partial charge in [-0.25, -0.2) is 0 Å². The van der Waals surface area contributed by atoms with Crippen LogP contribution in [0, 0.1) is 0 Å². The average Bonchev–Trinajstić information content (AvgIpc) is 2.76. The van der Waals surface area contributed by atoms with Gasteiger partial charge in [0.25, 0.3) is 5.91 Å². The molecule has 2 aromatic carbocycles. The summed E-state index contributed by atoms with van der Waals surface area (Å²) in [5, 5.41) is 10.4. The second-order valence-corrected chi connectivity index (χ2v) is 6.13. The predicted molar refractivity (Wildman–Crippen MR) is 103 cm³/mol. The quantitative estimate of drug-likeness (QED) is 0.589. The van der Waals surface area contributed by atoms with Crippen LogP contribution in [-0.2, 0) is 6.18 Å². The van der Waals surface area contributed by atoms with E-state index >= 15 is 0 Å². The number of nitrogens with one attached hydrogen (secondary N) is 1. The number of halogens is 3. The first-order valence-electron chi connectivity index (χ1n) is 8.94. The van der Waals surface area contributed by atoms with Crippen LogP contribution in [-0.4, -0.2) is 36.4 Å². The van der Waals surface area contributed by atoms with E-state index in [1.54, 1.807) is 31.4 Å². The summed E-state index contributed by atoms with van der Waals surface area (Å²) < 4.78 is 49.4. The number of hydrogen-bond donors (Lipinski definition) is 1. The van der Waals surface area contributed by atoms with Crippen molar-refractivity contribution >= 4 is 5.91 Å². The lowest BCUT2D eigenvalue weighted by molar-refractivity contribution is -0.137. The molecule has 0 aliphatic rings. The molecule has 156 valence electrons. The third kappa shape index (κ3) is 5.25. The Labute approximate surface area is 170 Å². The summed E-state index contributed by atoms with van der Waals surface area (Å²) in [6.45, 7) is 0.0312. The minimum Gasteiger partial charge on any atom is -0.497 e. The summed E-state index contributed by atoms with van der Waals surface area (Å²) in [7, 11) is 1.58. The SMILES string of the molecule is COc1ccc(-c2ccc(OCCNC(=O)c3ccccc3C(F)(F)F)nn2)cc1. The Bertz CT molecular complexity index is 991. The van der Waals surface area contributed by atoms with Crippen molar-refractivity contribution in [3.8, 4) is 22.9 Å². The van der Waals surface area contributed by atoms with Crippen molar-refractivity contribution < 1.29 is 27.4 Å². The third-order valence-electron chi connectivity index (χ3n) is 4.14. The molecule has 1 N–H and O–H groups in total. The first-order valence-corrected chi connectivity index (χ1v) is 8.94. The van der Waals surface area contributed by atoms with Gasteiger partial charge in [-0.15, -0.1) is 10.2 Å². The molecule has 0 saturated heterocycles. The molecule has 0 saturated carbocycles. The van der Waals surface area contributed by atoms with E-state index in [0.717, 1.165) is 23.4 Å². The highest BCUT2D eigenvalue weighted by atomic mass is 19.4. The van der Waals surface area contributed by atoms with Gasteiger partial charge in [-0.1, -0.05) is 12.1 Å². The second-order valence-electron chi connectivity index (χ2n) is 6.13. The van der Waals surface area contributed by atoms with Gasteiger partial charge in [0.1, 0.15) is 12.4 Å². The third-order valence-corrected chi connectivity index (χ3v) is 4.14. The maximum atomic E-state index is 13.0. The van der Waals surface area contributed by atoms with Gasteiger partial charge in [-0.2, -0.15) is 13.2 Å². The monoisotopic (exact) mass is 417 g/mol. The fraction of sp³-hybridized carbons (Fsp3) is 0.190. The lowest BCUT2D eigenvalue weighted by atomic mass is 10.1. The van der Waals surface area contributed by atoms with Crippen LogP contribution in [0.2, 0.25) is 0 Å². The number of methoxy groups -OCH3 is 1. The lowest BCUT2D eigenvalue weighted by Crippen LogP contribution is -2.30. The fourth-order valence-electron chi connectivity index (χ4n) is 2.66. The fourth-order valence-corrected chi connectivity index (χ4v) is 2.66. The summed E-state index contributed by atoms with van der Waals surface area (Å²) in [4.78, 5) is 12.1. The largest absolute Gasteiger partial charge is 0.497 e. The van der Waals surface area contributed by atoms with Crippen molar-refractivity contribution in [2.45, 2.75) is 6.18 Å². The molecule has 3 rings (SSSR count). The van der Waals surface area contributed by atoms with Crippen molar-refractivity contribution in [2.24, 2.45) is 0 Å². The van der Waals surface area contributed by atoms with Crippen LogP contribution in [0.25, 0.3) is 11.3 Å². The van der Waals surface area contributed by atoms with Gasteiger partial charge in [0, 0.05) is 11.6 Å². The topological polar surface area (TPSA) is 73.3 Å². The van der Waals surface area contributed by atoms with Gasteiger partial charge in [-0.3, -0.25) is 4.79 Å². The summed E-state index contributed by atoms with van der Waals surface area (Å²) in [5.41, 5.74) is 0.0737. The zero-order valence-electron chi connectivity index (χ0n) is 15.9. The maximum absolute atomic E-state index is 13.0. The molecule has 9 heteroatoms. The number of benzene rings is 2. The van der Waals surface area contributed by atoms with Gasteiger partial charge in [0.15, 0.2) is 0 Å². The molecular formula is C21H18F3N3O3. The van der Waals surface area contributed by atoms with E-state index in [0.29, 0.717) is 5.69 Å². The van der Waals surface area contributed by atoms with Gasteiger partial charge >= 0.3 is 6.18 Å². The van der Waals surface area contributed by atoms with E-state index < -0.39 is 23.2 Å². The molecule has 6 nitrogen and oxygen atoms in total. The van der Waals surface area contributed by atoms with Crippen LogP contribution in [0.5, 0.6) is 11.6 Å². The van der Waals surface area contributed by atoms with E-state index in [4.69, 9.17) is 9.47 Å². The van der Waals surface area contributed by atoms with Crippen LogP contribution >= 0.6 is 0 Å². The van der Waals surface area contributed by atoms with Gasteiger partial charge in [0.2, 0.25) is 5.88 Å². The predicted octanol–water partition coefficient (Wildman–Crippen LogP) is 3.98. The number of amides is 1. The first kappa shape index (κ1) is 21.1. The number of carbonyl (C=O) groups is 1. The Morgan fingerprint density at radius 1 is 1.00 bits per heavy atom. The van der Waals surface area contributed by atoms with E-state index in [-0.39, 0.29) is 19.0 Å². The summed E-state index contributed by atoms with van der Waals surface area (Å²) in [5.74, 6) is 0.135. The number of nitrogens with zero attached hydrogens (tertiary/aromatic N) is 2. The van der Waals surface area contributed by atoms with Crippen LogP contribution in [0.1, 0.15) is 15.9 Å². The number of aromatic nitrogens is 2. The van der Waals surface area contributed by atoms with Crippen molar-refractivity contribution in [1.82, 2.24) is 15.5 Å². The summed E-state index contributed by atoms with van der Waals surface area (Å²) >= 11 is 0. The van der Waals surface area contributed by atoms with Crippen molar-refractivity contribution in [3.05, 3.63) is 71.8 Å². The van der Waals surface area contributed by atoms with Gasteiger partial charge in [-0.05, 0) is 42.5 Å².